The van der Waals surface area contributed by atoms with E-state index in [0.717, 1.165) is 33.4 Å². The molecule has 6 rings (SSSR count). The number of carbonyl (C=O) groups excluding carboxylic acids is 2. The number of hydrogen-bond acceptors (Lipinski definition) is 7. The lowest BCUT2D eigenvalue weighted by molar-refractivity contribution is -0.245. The summed E-state index contributed by atoms with van der Waals surface area (Å²) in [5, 5.41) is 21.9. The summed E-state index contributed by atoms with van der Waals surface area (Å²) >= 11 is 1.41. The largest absolute Gasteiger partial charge is 0.478 e. The van der Waals surface area contributed by atoms with Crippen LogP contribution < -0.4 is 5.32 Å². The normalized spacial score (nSPS) is 20.4. The quantitative estimate of drug-likeness (QED) is 0.140. The molecule has 3 N–H and O–H groups in total. The van der Waals surface area contributed by atoms with Crippen LogP contribution in [0.25, 0.3) is 11.1 Å². The van der Waals surface area contributed by atoms with Crippen LogP contribution >= 0.6 is 11.8 Å². The third-order valence-corrected chi connectivity index (χ3v) is 10.3. The Bertz CT molecular complexity index is 1910. The number of benzene rings is 4. The average Bonchev–Trinajstić information content (AvgIpc) is 3.66. The molecule has 2 amide bonds. The van der Waals surface area contributed by atoms with Crippen molar-refractivity contribution < 1.29 is 47.2 Å². The maximum Gasteiger partial charge on any atom is 0.471 e. The van der Waals surface area contributed by atoms with Crippen molar-refractivity contribution in [2.45, 2.75) is 68.0 Å². The molecule has 2 saturated heterocycles. The first-order chi connectivity index (χ1) is 25.0. The van der Waals surface area contributed by atoms with Crippen LogP contribution in [-0.2, 0) is 32.2 Å². The third kappa shape index (κ3) is 8.84. The number of alkyl halides is 3. The summed E-state index contributed by atoms with van der Waals surface area (Å²) in [4.78, 5) is 37.7. The fraction of sp³-hybridized carbons (Fsp3) is 0.308. The molecule has 2 aliphatic heterocycles. The standard InChI is InChI=1S/C39H37F3N2O7S/c40-39(41,42)38(49)44-17-5-11-32(44)35(46)43-21-25-6-3-7-27(18-25)28-8-4-9-29(19-28)37-50-30(23-52-34-12-2-1-10-31(34)36(47)48)20-33(51-37)26-15-13-24(22-45)14-16-26/h1-4,6-10,12-16,18-19,30,32-33,37,45H,5,11,17,20-23H2,(H,43,46)(H,47,48). The van der Waals surface area contributed by atoms with Crippen LogP contribution in [0.1, 0.15) is 64.3 Å². The van der Waals surface area contributed by atoms with E-state index >= 15 is 0 Å². The first-order valence-corrected chi connectivity index (χ1v) is 17.8. The number of ether oxygens (including phenoxy) is 2. The number of hydrogen-bond donors (Lipinski definition) is 3. The van der Waals surface area contributed by atoms with E-state index in [1.165, 1.54) is 11.8 Å². The van der Waals surface area contributed by atoms with Gasteiger partial charge in [0.1, 0.15) is 6.04 Å². The van der Waals surface area contributed by atoms with Gasteiger partial charge in [-0.1, -0.05) is 72.8 Å². The molecule has 2 heterocycles. The van der Waals surface area contributed by atoms with Gasteiger partial charge in [-0.3, -0.25) is 9.59 Å². The number of halogens is 3. The van der Waals surface area contributed by atoms with Crippen LogP contribution in [0.3, 0.4) is 0 Å². The first-order valence-electron chi connectivity index (χ1n) is 16.8. The van der Waals surface area contributed by atoms with Gasteiger partial charge in [-0.05, 0) is 64.9 Å². The van der Waals surface area contributed by atoms with Crippen molar-refractivity contribution in [3.8, 4) is 11.1 Å². The summed E-state index contributed by atoms with van der Waals surface area (Å²) in [6, 6.07) is 28.2. The molecular formula is C39H37F3N2O7S. The molecular weight excluding hydrogens is 697 g/mol. The average molecular weight is 735 g/mol. The highest BCUT2D eigenvalue weighted by Crippen LogP contribution is 2.40. The van der Waals surface area contributed by atoms with E-state index in [-0.39, 0.29) is 43.9 Å². The van der Waals surface area contributed by atoms with E-state index in [1.54, 1.807) is 30.3 Å². The Labute approximate surface area is 302 Å². The molecule has 4 atom stereocenters. The molecule has 4 unspecified atom stereocenters. The van der Waals surface area contributed by atoms with Gasteiger partial charge in [0.15, 0.2) is 6.29 Å². The van der Waals surface area contributed by atoms with Crippen LogP contribution in [0, 0.1) is 0 Å². The van der Waals surface area contributed by atoms with Gasteiger partial charge in [-0.2, -0.15) is 13.2 Å². The summed E-state index contributed by atoms with van der Waals surface area (Å²) in [7, 11) is 0. The monoisotopic (exact) mass is 734 g/mol. The summed E-state index contributed by atoms with van der Waals surface area (Å²) in [5.74, 6) is -3.16. The molecule has 0 aromatic heterocycles. The lowest BCUT2D eigenvalue weighted by Crippen LogP contribution is -2.50. The van der Waals surface area contributed by atoms with Gasteiger partial charge in [-0.15, -0.1) is 11.8 Å². The minimum Gasteiger partial charge on any atom is -0.478 e. The number of rotatable bonds is 11. The van der Waals surface area contributed by atoms with E-state index in [9.17, 15) is 37.8 Å². The molecule has 0 aliphatic carbocycles. The number of amides is 2. The molecule has 4 aromatic carbocycles. The summed E-state index contributed by atoms with van der Waals surface area (Å²) in [5.41, 5.74) is 5.05. The number of thioether (sulfide) groups is 1. The number of carboxylic acids is 1. The van der Waals surface area contributed by atoms with E-state index in [4.69, 9.17) is 9.47 Å². The highest BCUT2D eigenvalue weighted by Gasteiger charge is 2.47. The highest BCUT2D eigenvalue weighted by atomic mass is 32.2. The summed E-state index contributed by atoms with van der Waals surface area (Å²) in [6.45, 7) is -0.138. The molecule has 13 heteroatoms. The Morgan fingerprint density at radius 1 is 0.865 bits per heavy atom. The van der Waals surface area contributed by atoms with Gasteiger partial charge in [0.2, 0.25) is 5.91 Å². The van der Waals surface area contributed by atoms with Crippen molar-refractivity contribution in [1.29, 1.82) is 0 Å². The van der Waals surface area contributed by atoms with Crippen molar-refractivity contribution in [2.24, 2.45) is 0 Å². The second-order valence-electron chi connectivity index (χ2n) is 12.7. The number of aromatic carboxylic acids is 1. The number of nitrogens with zero attached hydrogens (tertiary/aromatic N) is 1. The molecule has 52 heavy (non-hydrogen) atoms. The van der Waals surface area contributed by atoms with Gasteiger partial charge in [0.25, 0.3) is 0 Å². The minimum absolute atomic E-state index is 0.0624. The van der Waals surface area contributed by atoms with Crippen LogP contribution in [0.4, 0.5) is 13.2 Å². The van der Waals surface area contributed by atoms with Crippen LogP contribution in [0.5, 0.6) is 0 Å². The Hall–Kier alpha value is -4.69. The molecule has 0 radical (unpaired) electrons. The van der Waals surface area contributed by atoms with Crippen molar-refractivity contribution in [3.05, 3.63) is 125 Å². The van der Waals surface area contributed by atoms with E-state index in [1.807, 2.05) is 66.7 Å². The number of carbonyl (C=O) groups is 3. The smallest absolute Gasteiger partial charge is 0.471 e. The predicted molar refractivity (Wildman–Crippen MR) is 187 cm³/mol. The van der Waals surface area contributed by atoms with Crippen molar-refractivity contribution in [1.82, 2.24) is 10.2 Å². The number of likely N-dealkylation sites (tertiary alicyclic amines) is 1. The molecule has 0 saturated carbocycles. The summed E-state index contributed by atoms with van der Waals surface area (Å²) in [6.07, 6.45) is -5.44. The minimum atomic E-state index is -5.04. The Balaban J connectivity index is 1.18. The number of aliphatic hydroxyl groups is 1. The highest BCUT2D eigenvalue weighted by molar-refractivity contribution is 7.99. The first kappa shape index (κ1) is 37.1. The lowest BCUT2D eigenvalue weighted by atomic mass is 9.99. The van der Waals surface area contributed by atoms with Crippen molar-refractivity contribution in [2.75, 3.05) is 12.3 Å². The van der Waals surface area contributed by atoms with E-state index in [0.29, 0.717) is 28.4 Å². The molecule has 0 spiro atoms. The number of carboxylic acid groups (broad SMARTS) is 1. The molecule has 272 valence electrons. The zero-order chi connectivity index (χ0) is 36.8. The second kappa shape index (κ2) is 16.3. The van der Waals surface area contributed by atoms with Gasteiger partial charge in [0, 0.05) is 35.7 Å². The van der Waals surface area contributed by atoms with Crippen LogP contribution in [0.2, 0.25) is 0 Å². The Kier molecular flexibility index (Phi) is 11.6. The molecule has 2 fully saturated rings. The van der Waals surface area contributed by atoms with E-state index < -0.39 is 36.3 Å². The van der Waals surface area contributed by atoms with Crippen molar-refractivity contribution in [3.63, 3.8) is 0 Å². The van der Waals surface area contributed by atoms with Gasteiger partial charge < -0.3 is 29.9 Å². The third-order valence-electron chi connectivity index (χ3n) is 9.10. The van der Waals surface area contributed by atoms with Gasteiger partial charge in [0.05, 0.1) is 24.4 Å². The SMILES string of the molecule is O=C(O)c1ccccc1SCC1CC(c2ccc(CO)cc2)OC(c2cccc(-c3cccc(CNC(=O)C4CCCN4C(=O)C(F)(F)F)c3)c2)O1. The van der Waals surface area contributed by atoms with Gasteiger partial charge >= 0.3 is 18.1 Å². The fourth-order valence-corrected chi connectivity index (χ4v) is 7.52. The van der Waals surface area contributed by atoms with Crippen molar-refractivity contribution >= 4 is 29.5 Å². The van der Waals surface area contributed by atoms with E-state index in [2.05, 4.69) is 5.32 Å². The lowest BCUT2D eigenvalue weighted by Gasteiger charge is -2.36. The Morgan fingerprint density at radius 3 is 2.33 bits per heavy atom. The zero-order valence-electron chi connectivity index (χ0n) is 27.9. The maximum absolute atomic E-state index is 13.1. The molecule has 2 aliphatic rings. The maximum atomic E-state index is 13.1. The van der Waals surface area contributed by atoms with Crippen LogP contribution in [-0.4, -0.2) is 63.5 Å². The Morgan fingerprint density at radius 2 is 1.60 bits per heavy atom. The predicted octanol–water partition coefficient (Wildman–Crippen LogP) is 7.05. The summed E-state index contributed by atoms with van der Waals surface area (Å²) < 4.78 is 52.2. The second-order valence-corrected chi connectivity index (χ2v) is 13.7. The zero-order valence-corrected chi connectivity index (χ0v) is 28.7. The molecule has 0 bridgehead atoms. The van der Waals surface area contributed by atoms with Crippen LogP contribution in [0.15, 0.2) is 102 Å². The van der Waals surface area contributed by atoms with Gasteiger partial charge in [-0.25, -0.2) is 4.79 Å². The molecule has 4 aromatic rings. The number of nitrogens with one attached hydrogen (secondary N) is 1. The topological polar surface area (TPSA) is 125 Å². The fourth-order valence-electron chi connectivity index (χ4n) is 6.45. The molecule has 9 nitrogen and oxygen atoms in total. The number of aliphatic hydroxyl groups excluding tert-OH is 1.